The zero-order valence-electron chi connectivity index (χ0n) is 10.5. The molecule has 2 N–H and O–H groups in total. The van der Waals surface area contributed by atoms with Gasteiger partial charge in [-0.15, -0.1) is 11.3 Å². The van der Waals surface area contributed by atoms with Crippen LogP contribution in [0.3, 0.4) is 0 Å². The molecule has 1 aromatic rings. The molecule has 18 heavy (non-hydrogen) atoms. The van der Waals surface area contributed by atoms with Crippen LogP contribution in [0.2, 0.25) is 0 Å². The Hall–Kier alpha value is -1.36. The number of hydrogen-bond acceptors (Lipinski definition) is 3. The SMILES string of the molecule is CCNC(=O)c1cc(NC(=O)C23CC2C3)c(C)s1. The van der Waals surface area contributed by atoms with E-state index in [1.807, 2.05) is 13.8 Å². The monoisotopic (exact) mass is 264 g/mol. The average molecular weight is 264 g/mol. The van der Waals surface area contributed by atoms with Crippen molar-refractivity contribution in [2.24, 2.45) is 11.3 Å². The third-order valence-electron chi connectivity index (χ3n) is 3.86. The van der Waals surface area contributed by atoms with Crippen molar-refractivity contribution in [3.05, 3.63) is 15.8 Å². The summed E-state index contributed by atoms with van der Waals surface area (Å²) >= 11 is 1.42. The summed E-state index contributed by atoms with van der Waals surface area (Å²) in [6.07, 6.45) is 2.09. The number of hydrogen-bond donors (Lipinski definition) is 2. The summed E-state index contributed by atoms with van der Waals surface area (Å²) in [6.45, 7) is 4.43. The van der Waals surface area contributed by atoms with Crippen LogP contribution in [-0.2, 0) is 4.79 Å². The van der Waals surface area contributed by atoms with Gasteiger partial charge in [0, 0.05) is 11.4 Å². The van der Waals surface area contributed by atoms with E-state index in [0.29, 0.717) is 17.3 Å². The van der Waals surface area contributed by atoms with E-state index in [1.165, 1.54) is 11.3 Å². The Balaban J connectivity index is 1.72. The molecule has 96 valence electrons. The number of carbonyl (C=O) groups is 2. The van der Waals surface area contributed by atoms with Crippen molar-refractivity contribution in [2.45, 2.75) is 26.7 Å². The Labute approximate surface area is 110 Å². The van der Waals surface area contributed by atoms with Crippen LogP contribution in [0.15, 0.2) is 6.07 Å². The van der Waals surface area contributed by atoms with Gasteiger partial charge in [-0.3, -0.25) is 9.59 Å². The Morgan fingerprint density at radius 3 is 2.72 bits per heavy atom. The number of aryl methyl sites for hydroxylation is 1. The quantitative estimate of drug-likeness (QED) is 0.875. The van der Waals surface area contributed by atoms with Crippen LogP contribution in [0.4, 0.5) is 5.69 Å². The van der Waals surface area contributed by atoms with E-state index in [4.69, 9.17) is 0 Å². The molecule has 0 bridgehead atoms. The second-order valence-electron chi connectivity index (χ2n) is 5.16. The van der Waals surface area contributed by atoms with Crippen molar-refractivity contribution in [3.8, 4) is 0 Å². The second kappa shape index (κ2) is 3.82. The maximum atomic E-state index is 12.0. The highest BCUT2D eigenvalue weighted by molar-refractivity contribution is 7.14. The molecule has 0 saturated heterocycles. The Kier molecular flexibility index (Phi) is 2.48. The molecule has 1 aromatic heterocycles. The first kappa shape index (κ1) is 11.7. The molecule has 0 radical (unpaired) electrons. The van der Waals surface area contributed by atoms with Gasteiger partial charge in [0.2, 0.25) is 5.91 Å². The molecule has 4 nitrogen and oxygen atoms in total. The normalized spacial score (nSPS) is 27.3. The minimum atomic E-state index is -0.0695. The predicted molar refractivity (Wildman–Crippen MR) is 70.8 cm³/mol. The number of amides is 2. The Bertz CT molecular complexity index is 529. The standard InChI is InChI=1S/C13H16N2O2S/c1-3-14-11(16)10-4-9(7(2)18-10)15-12(17)13-5-8(13)6-13/h4,8H,3,5-6H2,1-2H3,(H,14,16)(H,15,17). The summed E-state index contributed by atoms with van der Waals surface area (Å²) < 4.78 is 0. The molecular weight excluding hydrogens is 248 g/mol. The van der Waals surface area contributed by atoms with Crippen molar-refractivity contribution in [1.82, 2.24) is 5.32 Å². The summed E-state index contributed by atoms with van der Waals surface area (Å²) in [5.74, 6) is 0.704. The van der Waals surface area contributed by atoms with Gasteiger partial charge in [0.1, 0.15) is 0 Å². The molecule has 2 saturated carbocycles. The van der Waals surface area contributed by atoms with Crippen molar-refractivity contribution in [3.63, 3.8) is 0 Å². The third-order valence-corrected chi connectivity index (χ3v) is 4.91. The summed E-state index contributed by atoms with van der Waals surface area (Å²) in [5, 5.41) is 5.73. The van der Waals surface area contributed by atoms with Crippen LogP contribution in [-0.4, -0.2) is 18.4 Å². The van der Waals surface area contributed by atoms with E-state index in [9.17, 15) is 9.59 Å². The predicted octanol–water partition coefficient (Wildman–Crippen LogP) is 2.15. The average Bonchev–Trinajstić information content (AvgIpc) is 3.13. The van der Waals surface area contributed by atoms with E-state index >= 15 is 0 Å². The number of anilines is 1. The molecule has 2 amide bonds. The second-order valence-corrected chi connectivity index (χ2v) is 6.41. The molecule has 3 rings (SSSR count). The molecule has 1 heterocycles. The van der Waals surface area contributed by atoms with Gasteiger partial charge >= 0.3 is 0 Å². The highest BCUT2D eigenvalue weighted by Crippen LogP contribution is 2.75. The molecule has 0 aromatic carbocycles. The van der Waals surface area contributed by atoms with Crippen LogP contribution < -0.4 is 10.6 Å². The number of fused-ring (bicyclic) bond motifs is 1. The van der Waals surface area contributed by atoms with Crippen molar-refractivity contribution >= 4 is 28.8 Å². The molecule has 2 aliphatic rings. The summed E-state index contributed by atoms with van der Waals surface area (Å²) in [4.78, 5) is 25.3. The molecule has 2 fully saturated rings. The minimum Gasteiger partial charge on any atom is -0.352 e. The lowest BCUT2D eigenvalue weighted by atomic mass is 10.2. The molecule has 5 heteroatoms. The van der Waals surface area contributed by atoms with E-state index in [1.54, 1.807) is 6.07 Å². The number of carbonyl (C=O) groups excluding carboxylic acids is 2. The summed E-state index contributed by atoms with van der Waals surface area (Å²) in [6, 6.07) is 1.78. The van der Waals surface area contributed by atoms with Gasteiger partial charge in [-0.1, -0.05) is 0 Å². The Morgan fingerprint density at radius 2 is 2.17 bits per heavy atom. The zero-order valence-corrected chi connectivity index (χ0v) is 11.3. The summed E-state index contributed by atoms with van der Waals surface area (Å²) in [7, 11) is 0. The zero-order chi connectivity index (χ0) is 12.9. The number of thiophene rings is 1. The topological polar surface area (TPSA) is 58.2 Å². The first-order chi connectivity index (χ1) is 8.56. The lowest BCUT2D eigenvalue weighted by Crippen LogP contribution is -2.21. The van der Waals surface area contributed by atoms with Crippen LogP contribution in [0.1, 0.15) is 34.3 Å². The number of nitrogens with one attached hydrogen (secondary N) is 2. The molecule has 0 aliphatic heterocycles. The fraction of sp³-hybridized carbons (Fsp3) is 0.538. The van der Waals surface area contributed by atoms with E-state index in [-0.39, 0.29) is 17.2 Å². The first-order valence-corrected chi connectivity index (χ1v) is 7.08. The van der Waals surface area contributed by atoms with E-state index in [0.717, 1.165) is 23.4 Å². The van der Waals surface area contributed by atoms with Gasteiger partial charge < -0.3 is 10.6 Å². The highest BCUT2D eigenvalue weighted by atomic mass is 32.1. The maximum absolute atomic E-state index is 12.0. The lowest BCUT2D eigenvalue weighted by Gasteiger charge is -2.05. The molecule has 0 spiro atoms. The summed E-state index contributed by atoms with van der Waals surface area (Å²) in [5.41, 5.74) is 0.762. The van der Waals surface area contributed by atoms with Gasteiger partial charge in [0.15, 0.2) is 0 Å². The largest absolute Gasteiger partial charge is 0.352 e. The first-order valence-electron chi connectivity index (χ1n) is 6.27. The van der Waals surface area contributed by atoms with Gasteiger partial charge in [-0.05, 0) is 38.7 Å². The van der Waals surface area contributed by atoms with Crippen LogP contribution in [0, 0.1) is 18.3 Å². The minimum absolute atomic E-state index is 0.0276. The third kappa shape index (κ3) is 1.73. The van der Waals surface area contributed by atoms with E-state index < -0.39 is 0 Å². The van der Waals surface area contributed by atoms with Crippen LogP contribution in [0.5, 0.6) is 0 Å². The fourth-order valence-electron chi connectivity index (χ4n) is 2.29. The molecule has 0 atom stereocenters. The number of rotatable bonds is 4. The Morgan fingerprint density at radius 1 is 1.50 bits per heavy atom. The highest BCUT2D eigenvalue weighted by Gasteiger charge is 2.74. The van der Waals surface area contributed by atoms with Gasteiger partial charge in [-0.25, -0.2) is 0 Å². The van der Waals surface area contributed by atoms with Gasteiger partial charge in [-0.2, -0.15) is 0 Å². The van der Waals surface area contributed by atoms with Crippen molar-refractivity contribution in [2.75, 3.05) is 11.9 Å². The fourth-order valence-corrected chi connectivity index (χ4v) is 3.18. The smallest absolute Gasteiger partial charge is 0.261 e. The molecule has 0 unspecified atom stereocenters. The van der Waals surface area contributed by atoms with Crippen LogP contribution in [0.25, 0.3) is 0 Å². The van der Waals surface area contributed by atoms with Crippen molar-refractivity contribution in [1.29, 1.82) is 0 Å². The van der Waals surface area contributed by atoms with Gasteiger partial charge in [0.05, 0.1) is 16.0 Å². The lowest BCUT2D eigenvalue weighted by molar-refractivity contribution is -0.119. The van der Waals surface area contributed by atoms with Crippen LogP contribution >= 0.6 is 11.3 Å². The van der Waals surface area contributed by atoms with Gasteiger partial charge in [0.25, 0.3) is 5.91 Å². The molecular formula is C13H16N2O2S. The van der Waals surface area contributed by atoms with Crippen molar-refractivity contribution < 1.29 is 9.59 Å². The molecule has 2 aliphatic carbocycles. The maximum Gasteiger partial charge on any atom is 0.261 e. The van der Waals surface area contributed by atoms with E-state index in [2.05, 4.69) is 10.6 Å².